The topological polar surface area (TPSA) is 143 Å². The van der Waals surface area contributed by atoms with Crippen molar-refractivity contribution in [3.8, 4) is 0 Å². The fourth-order valence-electron chi connectivity index (χ4n) is 2.85. The van der Waals surface area contributed by atoms with Gasteiger partial charge in [-0.1, -0.05) is 24.3 Å². The Morgan fingerprint density at radius 2 is 1.72 bits per heavy atom. The smallest absolute Gasteiger partial charge is 0.411 e. The number of benzene rings is 3. The first-order chi connectivity index (χ1) is 13.9. The molecule has 0 atom stereocenters. The maximum Gasteiger partial charge on any atom is 0.411 e. The highest BCUT2D eigenvalue weighted by molar-refractivity contribution is 6.11. The maximum atomic E-state index is 12.8. The molecule has 0 aliphatic heterocycles. The van der Waals surface area contributed by atoms with E-state index in [0.29, 0.717) is 39.8 Å². The Labute approximate surface area is 167 Å². The number of methoxy groups -OCH3 is 1. The molecule has 0 aliphatic carbocycles. The van der Waals surface area contributed by atoms with E-state index in [1.165, 1.54) is 7.11 Å². The zero-order valence-electron chi connectivity index (χ0n) is 15.8. The number of rotatable bonds is 5. The molecule has 0 spiro atoms. The van der Waals surface area contributed by atoms with Crippen LogP contribution in [0.2, 0.25) is 0 Å². The van der Waals surface area contributed by atoms with E-state index in [0.717, 1.165) is 5.56 Å². The molecule has 0 radical (unpaired) electrons. The van der Waals surface area contributed by atoms with Crippen LogP contribution in [-0.4, -0.2) is 24.9 Å². The van der Waals surface area contributed by atoms with Crippen LogP contribution in [0.5, 0.6) is 0 Å². The Morgan fingerprint density at radius 1 is 1.00 bits per heavy atom. The molecule has 0 bridgehead atoms. The number of fused-ring (bicyclic) bond motifs is 1. The number of nitrogen functional groups attached to an aromatic ring is 1. The number of carbonyl (C=O) groups is 2. The van der Waals surface area contributed by atoms with Crippen molar-refractivity contribution in [1.29, 1.82) is 5.41 Å². The van der Waals surface area contributed by atoms with Crippen LogP contribution in [0.15, 0.2) is 54.6 Å². The molecule has 3 aromatic rings. The number of carbonyl (C=O) groups excluding carboxylic acids is 2. The Bertz CT molecular complexity index is 1090. The Hall–Kier alpha value is -3.91. The first-order valence-corrected chi connectivity index (χ1v) is 8.79. The Morgan fingerprint density at radius 3 is 2.34 bits per heavy atom. The summed E-state index contributed by atoms with van der Waals surface area (Å²) >= 11 is 0. The lowest BCUT2D eigenvalue weighted by molar-refractivity contribution is 0.102. The van der Waals surface area contributed by atoms with Gasteiger partial charge in [0.15, 0.2) is 0 Å². The first kappa shape index (κ1) is 19.8. The van der Waals surface area contributed by atoms with Gasteiger partial charge in [-0.3, -0.25) is 15.5 Å². The number of amides is 2. The molecule has 8 nitrogen and oxygen atoms in total. The summed E-state index contributed by atoms with van der Waals surface area (Å²) in [6.07, 6.45) is -0.672. The minimum absolute atomic E-state index is 0.0985. The van der Waals surface area contributed by atoms with E-state index in [9.17, 15) is 9.59 Å². The summed E-state index contributed by atoms with van der Waals surface area (Å²) < 4.78 is 4.67. The van der Waals surface area contributed by atoms with Gasteiger partial charge >= 0.3 is 6.09 Å². The number of amidine groups is 1. The summed E-state index contributed by atoms with van der Waals surface area (Å²) in [7, 11) is 1.25. The standard InChI is InChI=1S/C21H21N5O3/c1-29-21(28)26-18-10-15(8-13-4-5-14(19(23)24)9-17(13)18)20(27)25-16-6-2-12(11-22)3-7-16/h2-10H,11,22H2,1H3,(H3,23,24)(H,25,27)(H,26,28). The monoisotopic (exact) mass is 391 g/mol. The minimum Gasteiger partial charge on any atom is -0.453 e. The minimum atomic E-state index is -0.672. The molecule has 3 rings (SSSR count). The molecule has 29 heavy (non-hydrogen) atoms. The largest absolute Gasteiger partial charge is 0.453 e. The summed E-state index contributed by atoms with van der Waals surface area (Å²) in [4.78, 5) is 24.5. The molecule has 7 N–H and O–H groups in total. The van der Waals surface area contributed by atoms with Crippen LogP contribution in [0.25, 0.3) is 10.8 Å². The van der Waals surface area contributed by atoms with Gasteiger partial charge < -0.3 is 21.5 Å². The molecule has 0 fully saturated rings. The second-order valence-corrected chi connectivity index (χ2v) is 6.35. The summed E-state index contributed by atoms with van der Waals surface area (Å²) in [5.41, 5.74) is 14.0. The van der Waals surface area contributed by atoms with Crippen LogP contribution in [0.3, 0.4) is 0 Å². The molecule has 0 heterocycles. The lowest BCUT2D eigenvalue weighted by Crippen LogP contribution is -2.15. The van der Waals surface area contributed by atoms with Crippen molar-refractivity contribution in [2.75, 3.05) is 17.7 Å². The molecule has 0 saturated carbocycles. The first-order valence-electron chi connectivity index (χ1n) is 8.79. The van der Waals surface area contributed by atoms with Crippen LogP contribution < -0.4 is 22.1 Å². The van der Waals surface area contributed by atoms with Crippen molar-refractivity contribution in [3.05, 3.63) is 71.3 Å². The summed E-state index contributed by atoms with van der Waals surface area (Å²) in [5, 5.41) is 14.4. The molecule has 8 heteroatoms. The third kappa shape index (κ3) is 4.50. The zero-order chi connectivity index (χ0) is 21.0. The second-order valence-electron chi connectivity index (χ2n) is 6.35. The van der Waals surface area contributed by atoms with E-state index >= 15 is 0 Å². The fourth-order valence-corrected chi connectivity index (χ4v) is 2.85. The lowest BCUT2D eigenvalue weighted by Gasteiger charge is -2.13. The van der Waals surface area contributed by atoms with E-state index in [2.05, 4.69) is 15.4 Å². The number of anilines is 2. The van der Waals surface area contributed by atoms with Gasteiger partial charge in [-0.15, -0.1) is 0 Å². The van der Waals surface area contributed by atoms with Crippen LogP contribution in [-0.2, 0) is 11.3 Å². The van der Waals surface area contributed by atoms with Gasteiger partial charge in [-0.2, -0.15) is 0 Å². The van der Waals surface area contributed by atoms with E-state index in [1.807, 2.05) is 12.1 Å². The van der Waals surface area contributed by atoms with E-state index in [1.54, 1.807) is 42.5 Å². The van der Waals surface area contributed by atoms with Crippen LogP contribution in [0, 0.1) is 5.41 Å². The number of nitrogens with two attached hydrogens (primary N) is 2. The second kappa shape index (κ2) is 8.41. The van der Waals surface area contributed by atoms with Crippen molar-refractivity contribution in [2.24, 2.45) is 11.5 Å². The third-order valence-electron chi connectivity index (χ3n) is 4.40. The molecule has 2 amide bonds. The quantitative estimate of drug-likeness (QED) is 0.335. The summed E-state index contributed by atoms with van der Waals surface area (Å²) in [6, 6.07) is 15.6. The SMILES string of the molecule is COC(=O)Nc1cc(C(=O)Nc2ccc(CN)cc2)cc2ccc(C(=N)N)cc12. The van der Waals surface area contributed by atoms with Gasteiger partial charge in [0.25, 0.3) is 5.91 Å². The fraction of sp³-hybridized carbons (Fsp3) is 0.0952. The van der Waals surface area contributed by atoms with Crippen molar-refractivity contribution < 1.29 is 14.3 Å². The van der Waals surface area contributed by atoms with Crippen molar-refractivity contribution in [1.82, 2.24) is 0 Å². The molecule has 0 aromatic heterocycles. The average molecular weight is 391 g/mol. The summed E-state index contributed by atoms with van der Waals surface area (Å²) in [6.45, 7) is 0.420. The average Bonchev–Trinajstić information content (AvgIpc) is 2.73. The van der Waals surface area contributed by atoms with E-state index < -0.39 is 6.09 Å². The van der Waals surface area contributed by atoms with Crippen molar-refractivity contribution >= 4 is 40.0 Å². The van der Waals surface area contributed by atoms with Gasteiger partial charge in [-0.05, 0) is 41.3 Å². The molecule has 0 aliphatic rings. The van der Waals surface area contributed by atoms with Crippen LogP contribution in [0.1, 0.15) is 21.5 Å². The van der Waals surface area contributed by atoms with Crippen LogP contribution >= 0.6 is 0 Å². The molecular formula is C21H21N5O3. The summed E-state index contributed by atoms with van der Waals surface area (Å²) in [5.74, 6) is -0.436. The van der Waals surface area contributed by atoms with Gasteiger partial charge in [0.1, 0.15) is 5.84 Å². The normalized spacial score (nSPS) is 10.4. The number of ether oxygens (including phenoxy) is 1. The molecule has 0 saturated heterocycles. The number of hydrogen-bond donors (Lipinski definition) is 5. The highest BCUT2D eigenvalue weighted by atomic mass is 16.5. The third-order valence-corrected chi connectivity index (χ3v) is 4.40. The van der Waals surface area contributed by atoms with Gasteiger partial charge in [-0.25, -0.2) is 4.79 Å². The number of nitrogens with one attached hydrogen (secondary N) is 3. The van der Waals surface area contributed by atoms with E-state index in [4.69, 9.17) is 16.9 Å². The number of hydrogen-bond acceptors (Lipinski definition) is 5. The molecule has 0 unspecified atom stereocenters. The Kier molecular flexibility index (Phi) is 5.75. The van der Waals surface area contributed by atoms with Crippen molar-refractivity contribution in [3.63, 3.8) is 0 Å². The van der Waals surface area contributed by atoms with E-state index in [-0.39, 0.29) is 11.7 Å². The zero-order valence-corrected chi connectivity index (χ0v) is 15.8. The predicted octanol–water partition coefficient (Wildman–Crippen LogP) is 3.01. The molecule has 148 valence electrons. The van der Waals surface area contributed by atoms with Crippen molar-refractivity contribution in [2.45, 2.75) is 6.54 Å². The maximum absolute atomic E-state index is 12.8. The molecule has 3 aromatic carbocycles. The highest BCUT2D eigenvalue weighted by Gasteiger charge is 2.14. The lowest BCUT2D eigenvalue weighted by atomic mass is 10.0. The van der Waals surface area contributed by atoms with Gasteiger partial charge in [0, 0.05) is 28.7 Å². The van der Waals surface area contributed by atoms with Gasteiger partial charge in [0.05, 0.1) is 12.8 Å². The molecular weight excluding hydrogens is 370 g/mol. The van der Waals surface area contributed by atoms with Gasteiger partial charge in [0.2, 0.25) is 0 Å². The predicted molar refractivity (Wildman–Crippen MR) is 113 cm³/mol. The Balaban J connectivity index is 2.00. The highest BCUT2D eigenvalue weighted by Crippen LogP contribution is 2.28. The van der Waals surface area contributed by atoms with Crippen LogP contribution in [0.4, 0.5) is 16.2 Å².